The quantitative estimate of drug-likeness (QED) is 0.329. The Morgan fingerprint density at radius 3 is 2.43 bits per heavy atom. The molecular formula is C26H18F3N3O2S. The van der Waals surface area contributed by atoms with Gasteiger partial charge in [0.05, 0.1) is 28.2 Å². The first kappa shape index (κ1) is 22.8. The van der Waals surface area contributed by atoms with Gasteiger partial charge in [0.2, 0.25) is 0 Å². The summed E-state index contributed by atoms with van der Waals surface area (Å²) in [5.74, 6) is -0.305. The predicted octanol–water partition coefficient (Wildman–Crippen LogP) is 6.11. The third kappa shape index (κ3) is 4.19. The molecule has 5 aromatic rings. The van der Waals surface area contributed by atoms with Crippen LogP contribution in [0.25, 0.3) is 27.4 Å². The number of aromatic nitrogens is 2. The second kappa shape index (κ2) is 8.66. The molecule has 0 aliphatic heterocycles. The zero-order valence-electron chi connectivity index (χ0n) is 18.3. The van der Waals surface area contributed by atoms with E-state index in [9.17, 15) is 22.8 Å². The van der Waals surface area contributed by atoms with E-state index in [-0.39, 0.29) is 17.5 Å². The molecule has 1 atom stereocenters. The smallest absolute Gasteiger partial charge is 0.344 e. The highest BCUT2D eigenvalue weighted by atomic mass is 32.1. The van der Waals surface area contributed by atoms with Crippen molar-refractivity contribution < 1.29 is 18.0 Å². The highest BCUT2D eigenvalue weighted by Gasteiger charge is 2.30. The van der Waals surface area contributed by atoms with Crippen LogP contribution in [0.2, 0.25) is 0 Å². The number of carbonyl (C=O) groups is 1. The first-order valence-corrected chi connectivity index (χ1v) is 11.6. The molecule has 0 fully saturated rings. The summed E-state index contributed by atoms with van der Waals surface area (Å²) in [7, 11) is 0. The van der Waals surface area contributed by atoms with E-state index < -0.39 is 11.7 Å². The molecule has 0 aliphatic rings. The number of nitrogens with one attached hydrogen (secondary N) is 1. The maximum Gasteiger partial charge on any atom is 0.416 e. The van der Waals surface area contributed by atoms with Crippen LogP contribution < -0.4 is 10.9 Å². The highest BCUT2D eigenvalue weighted by Crippen LogP contribution is 2.31. The molecular weight excluding hydrogens is 475 g/mol. The molecule has 0 radical (unpaired) electrons. The number of hydrogen-bond acceptors (Lipinski definition) is 4. The molecule has 5 rings (SSSR count). The molecule has 5 nitrogen and oxygen atoms in total. The molecule has 3 heterocycles. The van der Waals surface area contributed by atoms with Gasteiger partial charge in [0.15, 0.2) is 0 Å². The number of alkyl halides is 3. The van der Waals surface area contributed by atoms with Gasteiger partial charge in [-0.05, 0) is 66.9 Å². The molecule has 0 bridgehead atoms. The predicted molar refractivity (Wildman–Crippen MR) is 130 cm³/mol. The normalized spacial score (nSPS) is 12.7. The largest absolute Gasteiger partial charge is 0.416 e. The van der Waals surface area contributed by atoms with E-state index in [2.05, 4.69) is 10.3 Å². The Morgan fingerprint density at radius 1 is 1.00 bits per heavy atom. The Labute approximate surface area is 201 Å². The summed E-state index contributed by atoms with van der Waals surface area (Å²) in [5.41, 5.74) is 0.783. The van der Waals surface area contributed by atoms with Crippen LogP contribution in [0, 0.1) is 0 Å². The molecule has 1 amide bonds. The van der Waals surface area contributed by atoms with E-state index in [0.29, 0.717) is 32.9 Å². The first-order chi connectivity index (χ1) is 16.7. The molecule has 0 saturated carbocycles. The molecule has 1 N–H and O–H groups in total. The van der Waals surface area contributed by atoms with Crippen LogP contribution in [-0.4, -0.2) is 15.5 Å². The summed E-state index contributed by atoms with van der Waals surface area (Å²) in [6.07, 6.45) is -2.82. The molecule has 176 valence electrons. The van der Waals surface area contributed by atoms with Crippen LogP contribution >= 0.6 is 11.3 Å². The van der Waals surface area contributed by atoms with Crippen LogP contribution in [0.1, 0.15) is 34.6 Å². The zero-order valence-corrected chi connectivity index (χ0v) is 19.2. The minimum atomic E-state index is -4.47. The van der Waals surface area contributed by atoms with Crippen molar-refractivity contribution in [2.75, 3.05) is 0 Å². The number of rotatable bonds is 4. The SMILES string of the molecule is C[C@H](NC(=O)c1ccc2c(c1)c1cscc1c(=O)n2-c1ccc(C(F)(F)F)cc1)c1ccccn1. The minimum absolute atomic E-state index is 0.305. The van der Waals surface area contributed by atoms with E-state index >= 15 is 0 Å². The van der Waals surface area contributed by atoms with Gasteiger partial charge in [-0.15, -0.1) is 0 Å². The van der Waals surface area contributed by atoms with Crippen LogP contribution in [0.3, 0.4) is 0 Å². The lowest BCUT2D eigenvalue weighted by Crippen LogP contribution is -2.27. The van der Waals surface area contributed by atoms with Crippen molar-refractivity contribution in [3.05, 3.63) is 105 Å². The Hall–Kier alpha value is -3.98. The fourth-order valence-electron chi connectivity index (χ4n) is 4.03. The maximum absolute atomic E-state index is 13.3. The number of fused-ring (bicyclic) bond motifs is 3. The highest BCUT2D eigenvalue weighted by molar-refractivity contribution is 7.09. The third-order valence-electron chi connectivity index (χ3n) is 5.82. The van der Waals surface area contributed by atoms with Crippen molar-refractivity contribution in [3.63, 3.8) is 0 Å². The summed E-state index contributed by atoms with van der Waals surface area (Å²) in [5, 5.41) is 8.22. The van der Waals surface area contributed by atoms with Gasteiger partial charge in [-0.2, -0.15) is 24.5 Å². The number of amides is 1. The number of carbonyl (C=O) groups excluding carboxylic acids is 1. The molecule has 0 spiro atoms. The Kier molecular flexibility index (Phi) is 5.64. The van der Waals surface area contributed by atoms with Crippen molar-refractivity contribution >= 4 is 38.9 Å². The lowest BCUT2D eigenvalue weighted by atomic mass is 10.0. The lowest BCUT2D eigenvalue weighted by Gasteiger charge is -2.16. The molecule has 9 heteroatoms. The fourth-order valence-corrected chi connectivity index (χ4v) is 4.85. The Morgan fingerprint density at radius 2 is 1.74 bits per heavy atom. The molecule has 0 unspecified atom stereocenters. The number of hydrogen-bond donors (Lipinski definition) is 1. The second-order valence-corrected chi connectivity index (χ2v) is 8.81. The van der Waals surface area contributed by atoms with Gasteiger partial charge < -0.3 is 5.32 Å². The molecule has 0 saturated heterocycles. The summed E-state index contributed by atoms with van der Waals surface area (Å²) in [6.45, 7) is 1.83. The maximum atomic E-state index is 13.3. The van der Waals surface area contributed by atoms with E-state index in [1.165, 1.54) is 28.0 Å². The van der Waals surface area contributed by atoms with Crippen molar-refractivity contribution in [2.45, 2.75) is 19.1 Å². The van der Waals surface area contributed by atoms with Crippen LogP contribution in [0.4, 0.5) is 13.2 Å². The Bertz CT molecular complexity index is 1610. The third-order valence-corrected chi connectivity index (χ3v) is 6.56. The second-order valence-electron chi connectivity index (χ2n) is 8.07. The summed E-state index contributed by atoms with van der Waals surface area (Å²) in [6, 6.07) is 14.5. The number of nitrogens with zero attached hydrogens (tertiary/aromatic N) is 2. The van der Waals surface area contributed by atoms with E-state index in [4.69, 9.17) is 0 Å². The van der Waals surface area contributed by atoms with Crippen molar-refractivity contribution in [1.82, 2.24) is 14.9 Å². The van der Waals surface area contributed by atoms with Crippen molar-refractivity contribution in [2.24, 2.45) is 0 Å². The average molecular weight is 494 g/mol. The monoisotopic (exact) mass is 493 g/mol. The van der Waals surface area contributed by atoms with Crippen molar-refractivity contribution in [3.8, 4) is 5.69 Å². The van der Waals surface area contributed by atoms with E-state index in [0.717, 1.165) is 17.8 Å². The molecule has 0 aliphatic carbocycles. The molecule has 35 heavy (non-hydrogen) atoms. The number of halogens is 3. The van der Waals surface area contributed by atoms with Crippen LogP contribution in [0.5, 0.6) is 0 Å². The lowest BCUT2D eigenvalue weighted by molar-refractivity contribution is -0.137. The van der Waals surface area contributed by atoms with Crippen molar-refractivity contribution in [1.29, 1.82) is 0 Å². The van der Waals surface area contributed by atoms with E-state index in [1.54, 1.807) is 35.8 Å². The summed E-state index contributed by atoms with van der Waals surface area (Å²) in [4.78, 5) is 30.5. The van der Waals surface area contributed by atoms with Gasteiger partial charge in [0.25, 0.3) is 11.5 Å². The standard InChI is InChI=1S/C26H18F3N3O2S/c1-15(22-4-2-3-11-30-22)31-24(33)16-5-10-23-19(12-16)20-13-35-14-21(20)25(34)32(23)18-8-6-17(7-9-18)26(27,28)29/h2-15H,1H3,(H,31,33)/t15-/m0/s1. The van der Waals surface area contributed by atoms with E-state index in [1.807, 2.05) is 24.4 Å². The van der Waals surface area contributed by atoms with Gasteiger partial charge in [-0.1, -0.05) is 6.07 Å². The van der Waals surface area contributed by atoms with Crippen LogP contribution in [-0.2, 0) is 6.18 Å². The van der Waals surface area contributed by atoms with Gasteiger partial charge in [-0.3, -0.25) is 19.1 Å². The average Bonchev–Trinajstić information content (AvgIpc) is 3.35. The first-order valence-electron chi connectivity index (χ1n) is 10.7. The zero-order chi connectivity index (χ0) is 24.7. The summed E-state index contributed by atoms with van der Waals surface area (Å²) >= 11 is 1.34. The molecule has 3 aromatic heterocycles. The number of thiophene rings is 1. The van der Waals surface area contributed by atoms with Crippen LogP contribution in [0.15, 0.2) is 82.4 Å². The Balaban J connectivity index is 1.60. The topological polar surface area (TPSA) is 64.0 Å². The minimum Gasteiger partial charge on any atom is -0.344 e. The summed E-state index contributed by atoms with van der Waals surface area (Å²) < 4.78 is 40.5. The van der Waals surface area contributed by atoms with Gasteiger partial charge in [0, 0.05) is 33.6 Å². The van der Waals surface area contributed by atoms with Gasteiger partial charge in [0.1, 0.15) is 0 Å². The molecule has 2 aromatic carbocycles. The number of benzene rings is 2. The van der Waals surface area contributed by atoms with Gasteiger partial charge >= 0.3 is 6.18 Å². The number of pyridine rings is 2. The fraction of sp³-hybridized carbons (Fsp3) is 0.115. The van der Waals surface area contributed by atoms with Gasteiger partial charge in [-0.25, -0.2) is 0 Å².